The van der Waals surface area contributed by atoms with Crippen molar-refractivity contribution in [2.75, 3.05) is 7.11 Å². The van der Waals surface area contributed by atoms with Crippen LogP contribution in [0, 0.1) is 0 Å². The van der Waals surface area contributed by atoms with Gasteiger partial charge in [0.1, 0.15) is 5.75 Å². The summed E-state index contributed by atoms with van der Waals surface area (Å²) in [7, 11) is 1.63. The van der Waals surface area contributed by atoms with Crippen LogP contribution < -0.4 is 10.3 Å². The first-order chi connectivity index (χ1) is 14.2. The fourth-order valence-electron chi connectivity index (χ4n) is 3.18. The number of methoxy groups -OCH3 is 1. The van der Waals surface area contributed by atoms with Crippen LogP contribution in [0.25, 0.3) is 22.3 Å². The molecule has 8 heteroatoms. The summed E-state index contributed by atoms with van der Waals surface area (Å²) in [6.07, 6.45) is 2.02. The number of hydrogen-bond donors (Lipinski definition) is 0. The van der Waals surface area contributed by atoms with E-state index in [4.69, 9.17) is 14.2 Å². The molecule has 1 aliphatic rings. The lowest BCUT2D eigenvalue weighted by atomic mass is 10.2. The number of hydrogen-bond acceptors (Lipinski definition) is 7. The van der Waals surface area contributed by atoms with E-state index in [0.717, 1.165) is 24.2 Å². The fraction of sp³-hybridized carbons (Fsp3) is 0.238. The first-order valence-corrected chi connectivity index (χ1v) is 10.3. The molecule has 0 radical (unpaired) electrons. The summed E-state index contributed by atoms with van der Waals surface area (Å²) in [6, 6.07) is 15.2. The second kappa shape index (κ2) is 7.36. The van der Waals surface area contributed by atoms with Gasteiger partial charge in [0.2, 0.25) is 11.7 Å². The average molecular weight is 406 g/mol. The van der Waals surface area contributed by atoms with E-state index in [1.807, 2.05) is 53.1 Å². The molecule has 2 aromatic heterocycles. The highest BCUT2D eigenvalue weighted by Gasteiger charge is 2.28. The second-order valence-corrected chi connectivity index (χ2v) is 7.79. The first kappa shape index (κ1) is 17.9. The molecule has 2 aromatic carbocycles. The third kappa shape index (κ3) is 3.51. The summed E-state index contributed by atoms with van der Waals surface area (Å²) < 4.78 is 12.4. The maximum Gasteiger partial charge on any atom is 0.262 e. The highest BCUT2D eigenvalue weighted by Crippen LogP contribution is 2.37. The molecule has 1 aliphatic carbocycles. The minimum Gasteiger partial charge on any atom is -0.497 e. The van der Waals surface area contributed by atoms with Gasteiger partial charge in [0, 0.05) is 11.6 Å². The Morgan fingerprint density at radius 1 is 1.14 bits per heavy atom. The van der Waals surface area contributed by atoms with Crippen LogP contribution >= 0.6 is 11.8 Å². The molecule has 0 atom stereocenters. The predicted octanol–water partition coefficient (Wildman–Crippen LogP) is 4.08. The molecule has 4 aromatic rings. The van der Waals surface area contributed by atoms with Gasteiger partial charge in [-0.2, -0.15) is 4.98 Å². The molecule has 1 saturated carbocycles. The summed E-state index contributed by atoms with van der Waals surface area (Å²) in [5, 5.41) is 5.41. The van der Waals surface area contributed by atoms with Gasteiger partial charge in [-0.25, -0.2) is 4.98 Å². The molecule has 7 nitrogen and oxygen atoms in total. The summed E-state index contributed by atoms with van der Waals surface area (Å²) >= 11 is 1.45. The molecule has 0 aliphatic heterocycles. The van der Waals surface area contributed by atoms with E-state index in [1.54, 1.807) is 7.11 Å². The Bertz CT molecular complexity index is 1230. The lowest BCUT2D eigenvalue weighted by Gasteiger charge is -2.11. The Morgan fingerprint density at radius 2 is 1.93 bits per heavy atom. The third-order valence-corrected chi connectivity index (χ3v) is 5.77. The molecule has 29 heavy (non-hydrogen) atoms. The summed E-state index contributed by atoms with van der Waals surface area (Å²) in [4.78, 5) is 22.1. The zero-order valence-electron chi connectivity index (χ0n) is 15.7. The monoisotopic (exact) mass is 406 g/mol. The van der Waals surface area contributed by atoms with Gasteiger partial charge in [-0.15, -0.1) is 0 Å². The molecular formula is C21H18N4O3S. The van der Waals surface area contributed by atoms with Crippen LogP contribution in [0.3, 0.4) is 0 Å². The molecule has 1 fully saturated rings. The van der Waals surface area contributed by atoms with E-state index in [0.29, 0.717) is 33.5 Å². The van der Waals surface area contributed by atoms with Crippen molar-refractivity contribution in [3.8, 4) is 17.1 Å². The third-order valence-electron chi connectivity index (χ3n) is 4.83. The van der Waals surface area contributed by atoms with Crippen molar-refractivity contribution >= 4 is 22.7 Å². The Hall–Kier alpha value is -3.13. The van der Waals surface area contributed by atoms with Gasteiger partial charge in [0.15, 0.2) is 5.16 Å². The van der Waals surface area contributed by atoms with E-state index in [-0.39, 0.29) is 11.6 Å². The largest absolute Gasteiger partial charge is 0.497 e. The van der Waals surface area contributed by atoms with Crippen LogP contribution in [-0.4, -0.2) is 26.8 Å². The molecule has 0 spiro atoms. The number of ether oxygens (including phenoxy) is 1. The van der Waals surface area contributed by atoms with Crippen molar-refractivity contribution in [3.63, 3.8) is 0 Å². The quantitative estimate of drug-likeness (QED) is 0.352. The van der Waals surface area contributed by atoms with E-state index >= 15 is 0 Å². The van der Waals surface area contributed by atoms with Crippen molar-refractivity contribution in [2.24, 2.45) is 0 Å². The van der Waals surface area contributed by atoms with E-state index in [9.17, 15) is 4.79 Å². The SMILES string of the molecule is COc1ccc(-c2noc(CSc3nc4ccccc4c(=O)n3C3CC3)n2)cc1. The predicted molar refractivity (Wildman–Crippen MR) is 110 cm³/mol. The minimum absolute atomic E-state index is 0.0186. The Balaban J connectivity index is 1.40. The van der Waals surface area contributed by atoms with Crippen LogP contribution in [0.1, 0.15) is 24.8 Å². The minimum atomic E-state index is 0.0186. The number of benzene rings is 2. The maximum absolute atomic E-state index is 12.9. The molecule has 0 saturated heterocycles. The summed E-state index contributed by atoms with van der Waals surface area (Å²) in [6.45, 7) is 0. The van der Waals surface area contributed by atoms with Gasteiger partial charge >= 0.3 is 0 Å². The van der Waals surface area contributed by atoms with Gasteiger partial charge < -0.3 is 9.26 Å². The number of rotatable bonds is 6. The Kier molecular flexibility index (Phi) is 4.55. The second-order valence-electron chi connectivity index (χ2n) is 6.85. The zero-order valence-corrected chi connectivity index (χ0v) is 16.6. The smallest absolute Gasteiger partial charge is 0.262 e. The van der Waals surface area contributed by atoms with Gasteiger partial charge in [0.05, 0.1) is 23.8 Å². The van der Waals surface area contributed by atoms with Crippen molar-refractivity contribution in [3.05, 3.63) is 64.8 Å². The van der Waals surface area contributed by atoms with Crippen LogP contribution in [0.15, 0.2) is 63.0 Å². The number of nitrogens with zero attached hydrogens (tertiary/aromatic N) is 4. The van der Waals surface area contributed by atoms with Gasteiger partial charge in [-0.3, -0.25) is 9.36 Å². The molecule has 146 valence electrons. The lowest BCUT2D eigenvalue weighted by Crippen LogP contribution is -2.22. The molecule has 0 unspecified atom stereocenters. The highest BCUT2D eigenvalue weighted by molar-refractivity contribution is 7.98. The Labute approximate surface area is 170 Å². The number of aromatic nitrogens is 4. The molecular weight excluding hydrogens is 388 g/mol. The molecule has 0 amide bonds. The van der Waals surface area contributed by atoms with Crippen LogP contribution in [0.5, 0.6) is 5.75 Å². The zero-order chi connectivity index (χ0) is 19.8. The molecule has 2 heterocycles. The average Bonchev–Trinajstić information content (AvgIpc) is 3.48. The van der Waals surface area contributed by atoms with E-state index in [1.165, 1.54) is 11.8 Å². The standard InChI is InChI=1S/C21H18N4O3S/c1-27-15-10-6-13(7-11-15)19-23-18(28-24-19)12-29-21-22-17-5-3-2-4-16(17)20(26)25(21)14-8-9-14/h2-7,10-11,14H,8-9,12H2,1H3. The van der Waals surface area contributed by atoms with Gasteiger partial charge in [-0.1, -0.05) is 29.1 Å². The number of para-hydroxylation sites is 1. The Morgan fingerprint density at radius 3 is 2.69 bits per heavy atom. The summed E-state index contributed by atoms with van der Waals surface area (Å²) in [5.74, 6) is 2.23. The first-order valence-electron chi connectivity index (χ1n) is 9.34. The van der Waals surface area contributed by atoms with Crippen molar-refractivity contribution in [1.82, 2.24) is 19.7 Å². The van der Waals surface area contributed by atoms with E-state index in [2.05, 4.69) is 10.1 Å². The molecule has 0 bridgehead atoms. The maximum atomic E-state index is 12.9. The fourth-order valence-corrected chi connectivity index (χ4v) is 4.08. The number of thioether (sulfide) groups is 1. The van der Waals surface area contributed by atoms with Crippen LogP contribution in [0.2, 0.25) is 0 Å². The normalized spacial score (nSPS) is 13.7. The lowest BCUT2D eigenvalue weighted by molar-refractivity contribution is 0.391. The van der Waals surface area contributed by atoms with Crippen LogP contribution in [0.4, 0.5) is 0 Å². The van der Waals surface area contributed by atoms with Gasteiger partial charge in [0.25, 0.3) is 5.56 Å². The van der Waals surface area contributed by atoms with Crippen molar-refractivity contribution < 1.29 is 9.26 Å². The van der Waals surface area contributed by atoms with Crippen molar-refractivity contribution in [1.29, 1.82) is 0 Å². The number of fused-ring (bicyclic) bond motifs is 1. The molecule has 0 N–H and O–H groups in total. The molecule has 5 rings (SSSR count). The summed E-state index contributed by atoms with van der Waals surface area (Å²) in [5.41, 5.74) is 1.58. The van der Waals surface area contributed by atoms with E-state index < -0.39 is 0 Å². The van der Waals surface area contributed by atoms with Gasteiger partial charge in [-0.05, 0) is 49.2 Å². The van der Waals surface area contributed by atoms with Crippen LogP contribution in [-0.2, 0) is 5.75 Å². The topological polar surface area (TPSA) is 83.0 Å². The van der Waals surface area contributed by atoms with Crippen molar-refractivity contribution in [2.45, 2.75) is 29.8 Å². The highest BCUT2D eigenvalue weighted by atomic mass is 32.2.